The van der Waals surface area contributed by atoms with Crippen LogP contribution in [0.15, 0.2) is 36.5 Å². The number of hydrogen-bond acceptors (Lipinski definition) is 7. The highest BCUT2D eigenvalue weighted by molar-refractivity contribution is 5.87. The van der Waals surface area contributed by atoms with Gasteiger partial charge in [0.2, 0.25) is 17.5 Å². The molecule has 1 aromatic carbocycles. The summed E-state index contributed by atoms with van der Waals surface area (Å²) in [6.07, 6.45) is 2.82. The highest BCUT2D eigenvalue weighted by Crippen LogP contribution is 2.41. The minimum atomic E-state index is -0.139. The van der Waals surface area contributed by atoms with Crippen molar-refractivity contribution in [3.8, 4) is 34.4 Å². The second-order valence-electron chi connectivity index (χ2n) is 7.63. The van der Waals surface area contributed by atoms with Crippen LogP contribution in [-0.2, 0) is 4.79 Å². The number of nitrogens with one attached hydrogen (secondary N) is 1. The number of fused-ring (bicyclic) bond motifs is 1. The van der Waals surface area contributed by atoms with Gasteiger partial charge in [-0.3, -0.25) is 9.78 Å². The summed E-state index contributed by atoms with van der Waals surface area (Å²) in [7, 11) is 4.72. The Morgan fingerprint density at radius 3 is 2.47 bits per heavy atom. The standard InChI is InChI=1S/C24H27N3O5/c1-5-19(15-11-22(28)26-13-15)32-24-16-7-6-8-25-18(16)12-17(27-24)14-9-20(29-2)23(31-4)21(10-14)30-3/h6-10,12,15,19H,5,11,13H2,1-4H3,(H,26,28)/t15-,19-/m1/s1. The number of methoxy groups -OCH3 is 3. The van der Waals surface area contributed by atoms with E-state index in [4.69, 9.17) is 23.9 Å². The Labute approximate surface area is 186 Å². The Kier molecular flexibility index (Phi) is 6.30. The Hall–Kier alpha value is -3.55. The van der Waals surface area contributed by atoms with E-state index in [1.807, 2.05) is 30.3 Å². The van der Waals surface area contributed by atoms with Gasteiger partial charge in [0.05, 0.1) is 37.9 Å². The third-order valence-electron chi connectivity index (χ3n) is 5.73. The zero-order valence-electron chi connectivity index (χ0n) is 18.7. The molecule has 3 heterocycles. The first-order valence-corrected chi connectivity index (χ1v) is 10.6. The monoisotopic (exact) mass is 437 g/mol. The molecule has 0 unspecified atom stereocenters. The fourth-order valence-corrected chi connectivity index (χ4v) is 4.06. The molecule has 1 aliphatic rings. The topological polar surface area (TPSA) is 91.8 Å². The molecule has 168 valence electrons. The van der Waals surface area contributed by atoms with Gasteiger partial charge >= 0.3 is 0 Å². The van der Waals surface area contributed by atoms with Crippen molar-refractivity contribution in [3.05, 3.63) is 36.5 Å². The number of carbonyl (C=O) groups is 1. The van der Waals surface area contributed by atoms with E-state index in [2.05, 4.69) is 17.2 Å². The maximum absolute atomic E-state index is 11.7. The third-order valence-corrected chi connectivity index (χ3v) is 5.73. The molecular formula is C24H27N3O5. The van der Waals surface area contributed by atoms with Gasteiger partial charge < -0.3 is 24.3 Å². The van der Waals surface area contributed by atoms with Crippen molar-refractivity contribution < 1.29 is 23.7 Å². The number of benzene rings is 1. The second-order valence-corrected chi connectivity index (χ2v) is 7.63. The summed E-state index contributed by atoms with van der Waals surface area (Å²) < 4.78 is 22.8. The average molecular weight is 437 g/mol. The van der Waals surface area contributed by atoms with Crippen molar-refractivity contribution in [2.45, 2.75) is 25.9 Å². The van der Waals surface area contributed by atoms with Gasteiger partial charge in [0.15, 0.2) is 11.5 Å². The summed E-state index contributed by atoms with van der Waals surface area (Å²) in [4.78, 5) is 21.1. The molecule has 0 spiro atoms. The Bertz CT molecular complexity index is 1110. The van der Waals surface area contributed by atoms with E-state index in [-0.39, 0.29) is 17.9 Å². The van der Waals surface area contributed by atoms with Crippen LogP contribution in [0, 0.1) is 5.92 Å². The molecule has 2 aromatic heterocycles. The van der Waals surface area contributed by atoms with Gasteiger partial charge in [0.1, 0.15) is 6.10 Å². The predicted molar refractivity (Wildman–Crippen MR) is 120 cm³/mol. The number of hydrogen-bond donors (Lipinski definition) is 1. The lowest BCUT2D eigenvalue weighted by Gasteiger charge is -2.23. The fourth-order valence-electron chi connectivity index (χ4n) is 4.06. The highest BCUT2D eigenvalue weighted by Gasteiger charge is 2.30. The minimum Gasteiger partial charge on any atom is -0.493 e. The first-order valence-electron chi connectivity index (χ1n) is 10.6. The lowest BCUT2D eigenvalue weighted by atomic mass is 9.99. The number of aromatic nitrogens is 2. The van der Waals surface area contributed by atoms with Crippen molar-refractivity contribution in [1.29, 1.82) is 0 Å². The van der Waals surface area contributed by atoms with Crippen molar-refractivity contribution in [1.82, 2.24) is 15.3 Å². The van der Waals surface area contributed by atoms with E-state index >= 15 is 0 Å². The molecule has 1 aliphatic heterocycles. The van der Waals surface area contributed by atoms with Crippen molar-refractivity contribution in [2.24, 2.45) is 5.92 Å². The van der Waals surface area contributed by atoms with E-state index in [1.165, 1.54) is 0 Å². The summed E-state index contributed by atoms with van der Waals surface area (Å²) in [6, 6.07) is 9.40. The summed E-state index contributed by atoms with van der Waals surface area (Å²) in [6.45, 7) is 2.66. The van der Waals surface area contributed by atoms with Gasteiger partial charge in [-0.1, -0.05) is 6.92 Å². The summed E-state index contributed by atoms with van der Waals surface area (Å²) in [5.41, 5.74) is 2.21. The Morgan fingerprint density at radius 2 is 1.88 bits per heavy atom. The smallest absolute Gasteiger partial charge is 0.223 e. The van der Waals surface area contributed by atoms with Crippen LogP contribution in [0.25, 0.3) is 22.2 Å². The van der Waals surface area contributed by atoms with Crippen molar-refractivity contribution in [3.63, 3.8) is 0 Å². The molecule has 4 rings (SSSR count). The first kappa shape index (κ1) is 21.7. The first-order chi connectivity index (χ1) is 15.6. The zero-order valence-corrected chi connectivity index (χ0v) is 18.7. The van der Waals surface area contributed by atoms with Gasteiger partial charge in [-0.25, -0.2) is 4.98 Å². The molecule has 8 nitrogen and oxygen atoms in total. The molecule has 0 aliphatic carbocycles. The second kappa shape index (κ2) is 9.30. The number of carbonyl (C=O) groups excluding carboxylic acids is 1. The molecule has 0 saturated carbocycles. The molecule has 1 fully saturated rings. The molecule has 32 heavy (non-hydrogen) atoms. The summed E-state index contributed by atoms with van der Waals surface area (Å²) >= 11 is 0. The quantitative estimate of drug-likeness (QED) is 0.575. The average Bonchev–Trinajstić information content (AvgIpc) is 3.27. The molecule has 1 N–H and O–H groups in total. The largest absolute Gasteiger partial charge is 0.493 e. The minimum absolute atomic E-state index is 0.0581. The van der Waals surface area contributed by atoms with Gasteiger partial charge in [-0.2, -0.15) is 0 Å². The van der Waals surface area contributed by atoms with Crippen LogP contribution in [0.4, 0.5) is 0 Å². The molecule has 1 amide bonds. The SMILES string of the molecule is CC[C@@H](Oc1nc(-c2cc(OC)c(OC)c(OC)c2)cc2ncccc12)[C@H]1CNC(=O)C1. The van der Waals surface area contributed by atoms with Crippen molar-refractivity contribution >= 4 is 16.8 Å². The van der Waals surface area contributed by atoms with Crippen LogP contribution in [-0.4, -0.2) is 49.9 Å². The Morgan fingerprint density at radius 1 is 1.12 bits per heavy atom. The summed E-state index contributed by atoms with van der Waals surface area (Å²) in [5.74, 6) is 2.24. The molecule has 3 aromatic rings. The van der Waals surface area contributed by atoms with Crippen LogP contribution < -0.4 is 24.3 Å². The van der Waals surface area contributed by atoms with E-state index in [9.17, 15) is 4.79 Å². The van der Waals surface area contributed by atoms with Crippen molar-refractivity contribution in [2.75, 3.05) is 27.9 Å². The lowest BCUT2D eigenvalue weighted by Crippen LogP contribution is -2.28. The van der Waals surface area contributed by atoms with Gasteiger partial charge in [-0.05, 0) is 36.8 Å². The van der Waals surface area contributed by atoms with E-state index < -0.39 is 0 Å². The number of ether oxygens (including phenoxy) is 4. The molecule has 1 saturated heterocycles. The van der Waals surface area contributed by atoms with E-state index in [0.717, 1.165) is 22.9 Å². The maximum atomic E-state index is 11.7. The van der Waals surface area contributed by atoms with Crippen LogP contribution >= 0.6 is 0 Å². The number of amides is 1. The summed E-state index contributed by atoms with van der Waals surface area (Å²) in [5, 5.41) is 3.71. The maximum Gasteiger partial charge on any atom is 0.223 e. The fraction of sp³-hybridized carbons (Fsp3) is 0.375. The number of nitrogens with zero attached hydrogens (tertiary/aromatic N) is 2. The zero-order chi connectivity index (χ0) is 22.7. The number of pyridine rings is 2. The van der Waals surface area contributed by atoms with Crippen LogP contribution in [0.3, 0.4) is 0 Å². The molecule has 8 heteroatoms. The molecule has 0 bridgehead atoms. The third kappa shape index (κ3) is 4.12. The van der Waals surface area contributed by atoms with Crippen LogP contribution in [0.5, 0.6) is 23.1 Å². The molecular weight excluding hydrogens is 410 g/mol. The van der Waals surface area contributed by atoms with E-state index in [1.54, 1.807) is 27.5 Å². The normalized spacial score (nSPS) is 16.5. The number of rotatable bonds is 8. The van der Waals surface area contributed by atoms with E-state index in [0.29, 0.717) is 41.8 Å². The highest BCUT2D eigenvalue weighted by atomic mass is 16.5. The van der Waals surface area contributed by atoms with Crippen LogP contribution in [0.2, 0.25) is 0 Å². The lowest BCUT2D eigenvalue weighted by molar-refractivity contribution is -0.119. The van der Waals surface area contributed by atoms with Gasteiger partial charge in [-0.15, -0.1) is 0 Å². The van der Waals surface area contributed by atoms with Gasteiger partial charge in [0, 0.05) is 30.6 Å². The molecule has 0 radical (unpaired) electrons. The molecule has 2 atom stereocenters. The van der Waals surface area contributed by atoms with Crippen LogP contribution in [0.1, 0.15) is 19.8 Å². The van der Waals surface area contributed by atoms with Gasteiger partial charge in [0.25, 0.3) is 0 Å². The predicted octanol–water partition coefficient (Wildman–Crippen LogP) is 3.62. The Balaban J connectivity index is 1.80.